The summed E-state index contributed by atoms with van der Waals surface area (Å²) < 4.78 is 1.65. The van der Waals surface area contributed by atoms with E-state index in [2.05, 4.69) is 10.3 Å². The fraction of sp³-hybridized carbons (Fsp3) is 0.231. The number of aryl methyl sites for hydroxylation is 2. The predicted molar refractivity (Wildman–Crippen MR) is 76.5 cm³/mol. The summed E-state index contributed by atoms with van der Waals surface area (Å²) in [6.45, 7) is 3.39. The smallest absolute Gasteiger partial charge is 0.325 e. The fourth-order valence-electron chi connectivity index (χ4n) is 1.97. The molecule has 8 heteroatoms. The van der Waals surface area contributed by atoms with Crippen molar-refractivity contribution < 1.29 is 4.79 Å². The molecule has 2 aromatic heterocycles. The molecule has 0 fully saturated rings. The number of hydrogen-bond acceptors (Lipinski definition) is 4. The Morgan fingerprint density at radius 3 is 2.38 bits per heavy atom. The standard InChI is InChI=1S/C13H14N4O4/c1-7-3-9(18)4-8(2)17(7)6-11(19)15-10-5-14-13(21)16-12(10)20/h3-5H,6H2,1-2H3,(H,15,19)(H2,14,16,20,21). The third-order valence-electron chi connectivity index (χ3n) is 2.95. The number of pyridine rings is 1. The molecule has 2 aromatic rings. The lowest BCUT2D eigenvalue weighted by molar-refractivity contribution is -0.116. The SMILES string of the molecule is Cc1cc(=O)cc(C)n1CC(=O)Nc1c[nH]c(=O)[nH]c1=O. The molecule has 0 aliphatic rings. The van der Waals surface area contributed by atoms with Crippen LogP contribution in [0.25, 0.3) is 0 Å². The van der Waals surface area contributed by atoms with Crippen molar-refractivity contribution in [1.29, 1.82) is 0 Å². The second-order valence-electron chi connectivity index (χ2n) is 4.59. The molecule has 3 N–H and O–H groups in total. The summed E-state index contributed by atoms with van der Waals surface area (Å²) in [6, 6.07) is 2.85. The van der Waals surface area contributed by atoms with Crippen molar-refractivity contribution >= 4 is 11.6 Å². The Hall–Kier alpha value is -2.90. The number of amides is 1. The van der Waals surface area contributed by atoms with E-state index in [1.165, 1.54) is 12.1 Å². The molecule has 0 spiro atoms. The summed E-state index contributed by atoms with van der Waals surface area (Å²) in [6.07, 6.45) is 1.13. The maximum absolute atomic E-state index is 12.0. The maximum atomic E-state index is 12.0. The first kappa shape index (κ1) is 14.5. The van der Waals surface area contributed by atoms with Gasteiger partial charge in [0.05, 0.1) is 0 Å². The van der Waals surface area contributed by atoms with Crippen LogP contribution in [0.15, 0.2) is 32.7 Å². The molecule has 0 saturated carbocycles. The Balaban J connectivity index is 2.21. The second kappa shape index (κ2) is 5.61. The number of aromatic amines is 2. The average Bonchev–Trinajstić information content (AvgIpc) is 2.37. The van der Waals surface area contributed by atoms with Gasteiger partial charge in [0.1, 0.15) is 12.2 Å². The van der Waals surface area contributed by atoms with Crippen molar-refractivity contribution in [3.05, 3.63) is 60.8 Å². The highest BCUT2D eigenvalue weighted by atomic mass is 16.2. The lowest BCUT2D eigenvalue weighted by Crippen LogP contribution is -2.29. The first-order chi connectivity index (χ1) is 9.86. The van der Waals surface area contributed by atoms with E-state index in [-0.39, 0.29) is 17.7 Å². The Morgan fingerprint density at radius 1 is 1.19 bits per heavy atom. The molecule has 0 aromatic carbocycles. The van der Waals surface area contributed by atoms with E-state index in [4.69, 9.17) is 0 Å². The Labute approximate surface area is 118 Å². The number of H-pyrrole nitrogens is 2. The zero-order valence-corrected chi connectivity index (χ0v) is 11.5. The number of nitrogens with zero attached hydrogens (tertiary/aromatic N) is 1. The van der Waals surface area contributed by atoms with Crippen LogP contribution in [0.1, 0.15) is 11.4 Å². The maximum Gasteiger partial charge on any atom is 0.325 e. The summed E-state index contributed by atoms with van der Waals surface area (Å²) in [4.78, 5) is 49.9. The second-order valence-corrected chi connectivity index (χ2v) is 4.59. The zero-order valence-electron chi connectivity index (χ0n) is 11.5. The number of hydrogen-bond donors (Lipinski definition) is 3. The van der Waals surface area contributed by atoms with Gasteiger partial charge in [-0.3, -0.25) is 19.4 Å². The molecule has 21 heavy (non-hydrogen) atoms. The van der Waals surface area contributed by atoms with Crippen molar-refractivity contribution in [2.45, 2.75) is 20.4 Å². The minimum absolute atomic E-state index is 0.0451. The number of carbonyl (C=O) groups is 1. The number of nitrogens with one attached hydrogen (secondary N) is 3. The van der Waals surface area contributed by atoms with Crippen LogP contribution in [0, 0.1) is 13.8 Å². The lowest BCUT2D eigenvalue weighted by Gasteiger charge is -2.13. The van der Waals surface area contributed by atoms with Crippen molar-refractivity contribution in [1.82, 2.24) is 14.5 Å². The first-order valence-electron chi connectivity index (χ1n) is 6.17. The molecule has 2 heterocycles. The highest BCUT2D eigenvalue weighted by Crippen LogP contribution is 2.02. The van der Waals surface area contributed by atoms with Crippen LogP contribution in [-0.2, 0) is 11.3 Å². The fourth-order valence-corrected chi connectivity index (χ4v) is 1.97. The topological polar surface area (TPSA) is 117 Å². The molecule has 1 amide bonds. The number of rotatable bonds is 3. The van der Waals surface area contributed by atoms with Gasteiger partial charge in [-0.1, -0.05) is 0 Å². The van der Waals surface area contributed by atoms with Gasteiger partial charge >= 0.3 is 5.69 Å². The molecular weight excluding hydrogens is 276 g/mol. The molecule has 8 nitrogen and oxygen atoms in total. The minimum Gasteiger partial charge on any atom is -0.340 e. The molecular formula is C13H14N4O4. The monoisotopic (exact) mass is 290 g/mol. The van der Waals surface area contributed by atoms with Crippen LogP contribution in [0.2, 0.25) is 0 Å². The highest BCUT2D eigenvalue weighted by Gasteiger charge is 2.09. The number of carbonyl (C=O) groups excluding carboxylic acids is 1. The summed E-state index contributed by atoms with van der Waals surface area (Å²) in [5, 5.41) is 2.40. The van der Waals surface area contributed by atoms with Gasteiger partial charge in [-0.15, -0.1) is 0 Å². The summed E-state index contributed by atoms with van der Waals surface area (Å²) in [7, 11) is 0. The van der Waals surface area contributed by atoms with E-state index in [1.807, 2.05) is 4.98 Å². The zero-order chi connectivity index (χ0) is 15.6. The van der Waals surface area contributed by atoms with Gasteiger partial charge in [-0.25, -0.2) is 4.79 Å². The first-order valence-corrected chi connectivity index (χ1v) is 6.17. The molecule has 0 aliphatic carbocycles. The summed E-state index contributed by atoms with van der Waals surface area (Å²) >= 11 is 0. The normalized spacial score (nSPS) is 10.4. The van der Waals surface area contributed by atoms with E-state index in [0.717, 1.165) is 6.20 Å². The molecule has 0 unspecified atom stereocenters. The molecule has 0 aliphatic heterocycles. The quantitative estimate of drug-likeness (QED) is 0.705. The summed E-state index contributed by atoms with van der Waals surface area (Å²) in [5.41, 5.74) is -0.212. The third-order valence-corrected chi connectivity index (χ3v) is 2.95. The van der Waals surface area contributed by atoms with Gasteiger partial charge in [0.2, 0.25) is 5.91 Å². The van der Waals surface area contributed by atoms with E-state index >= 15 is 0 Å². The number of anilines is 1. The molecule has 0 bridgehead atoms. The van der Waals surface area contributed by atoms with Crippen molar-refractivity contribution in [3.8, 4) is 0 Å². The summed E-state index contributed by atoms with van der Waals surface area (Å²) in [5.74, 6) is -0.442. The van der Waals surface area contributed by atoms with Crippen LogP contribution in [0.3, 0.4) is 0 Å². The van der Waals surface area contributed by atoms with Crippen molar-refractivity contribution in [3.63, 3.8) is 0 Å². The average molecular weight is 290 g/mol. The van der Waals surface area contributed by atoms with E-state index in [9.17, 15) is 19.2 Å². The molecule has 110 valence electrons. The van der Waals surface area contributed by atoms with Crippen LogP contribution in [-0.4, -0.2) is 20.4 Å². The van der Waals surface area contributed by atoms with Gasteiger partial charge < -0.3 is 14.9 Å². The molecule has 2 rings (SSSR count). The van der Waals surface area contributed by atoms with Gasteiger partial charge in [-0.2, -0.15) is 0 Å². The lowest BCUT2D eigenvalue weighted by atomic mass is 10.3. The van der Waals surface area contributed by atoms with Gasteiger partial charge in [-0.05, 0) is 13.8 Å². The van der Waals surface area contributed by atoms with Crippen molar-refractivity contribution in [2.75, 3.05) is 5.32 Å². The molecule has 0 radical (unpaired) electrons. The Kier molecular flexibility index (Phi) is 3.88. The van der Waals surface area contributed by atoms with E-state index < -0.39 is 17.2 Å². The largest absolute Gasteiger partial charge is 0.340 e. The minimum atomic E-state index is -0.680. The Bertz CT molecular complexity index is 833. The van der Waals surface area contributed by atoms with Crippen LogP contribution < -0.4 is 22.0 Å². The van der Waals surface area contributed by atoms with E-state index in [1.54, 1.807) is 18.4 Å². The predicted octanol–water partition coefficient (Wildman–Crippen LogP) is -0.520. The van der Waals surface area contributed by atoms with Crippen LogP contribution >= 0.6 is 0 Å². The van der Waals surface area contributed by atoms with Crippen LogP contribution in [0.5, 0.6) is 0 Å². The molecule has 0 atom stereocenters. The number of aromatic nitrogens is 3. The molecule has 0 saturated heterocycles. The highest BCUT2D eigenvalue weighted by molar-refractivity contribution is 5.90. The third kappa shape index (κ3) is 3.35. The van der Waals surface area contributed by atoms with Gasteiger partial charge in [0, 0.05) is 29.7 Å². The van der Waals surface area contributed by atoms with Crippen molar-refractivity contribution in [2.24, 2.45) is 0 Å². The van der Waals surface area contributed by atoms with Gasteiger partial charge in [0.25, 0.3) is 5.56 Å². The van der Waals surface area contributed by atoms with E-state index in [0.29, 0.717) is 11.4 Å². The van der Waals surface area contributed by atoms with Gasteiger partial charge in [0.15, 0.2) is 5.43 Å². The van der Waals surface area contributed by atoms with Crippen LogP contribution in [0.4, 0.5) is 5.69 Å². The Morgan fingerprint density at radius 2 is 1.81 bits per heavy atom.